The standard InChI is InChI=1S/C17H16ClN5O4/c18-6-10-12(24)13(25)17(27-10)23-8-21-11-14(19-7-20-15(11)23)22-16(26)9-4-2-1-3-5-9/h1-5,7-8,10,12-13,17,24-25H,6H2,(H,19,20,22,26). The zero-order chi connectivity index (χ0) is 19.0. The van der Waals surface area contributed by atoms with Gasteiger partial charge in [0.25, 0.3) is 5.91 Å². The molecular formula is C17H16ClN5O4. The van der Waals surface area contributed by atoms with Gasteiger partial charge in [-0.05, 0) is 12.1 Å². The van der Waals surface area contributed by atoms with Gasteiger partial charge in [0.1, 0.15) is 24.6 Å². The minimum absolute atomic E-state index is 0.0364. The fourth-order valence-corrected chi connectivity index (χ4v) is 3.24. The summed E-state index contributed by atoms with van der Waals surface area (Å²) in [6.45, 7) is 0. The molecule has 0 saturated carbocycles. The lowest BCUT2D eigenvalue weighted by Crippen LogP contribution is -2.32. The maximum Gasteiger partial charge on any atom is 0.256 e. The van der Waals surface area contributed by atoms with Gasteiger partial charge in [0.05, 0.1) is 12.2 Å². The quantitative estimate of drug-likeness (QED) is 0.567. The van der Waals surface area contributed by atoms with Crippen LogP contribution in [0.4, 0.5) is 5.82 Å². The maximum atomic E-state index is 12.4. The third-order valence-electron chi connectivity index (χ3n) is 4.39. The Kier molecular flexibility index (Phi) is 4.75. The number of aliphatic hydroxyl groups excluding tert-OH is 2. The molecule has 3 N–H and O–H groups in total. The molecule has 4 rings (SSSR count). The molecule has 1 aliphatic heterocycles. The number of carbonyl (C=O) groups excluding carboxylic acids is 1. The van der Waals surface area contributed by atoms with E-state index in [0.29, 0.717) is 16.7 Å². The van der Waals surface area contributed by atoms with Crippen molar-refractivity contribution < 1.29 is 19.7 Å². The number of benzene rings is 1. The highest BCUT2D eigenvalue weighted by molar-refractivity contribution is 6.18. The SMILES string of the molecule is O=C(Nc1ncnc2c1ncn2C1OC(CCl)C(O)C1O)c1ccccc1. The van der Waals surface area contributed by atoms with E-state index < -0.39 is 24.5 Å². The molecule has 140 valence electrons. The molecule has 1 aliphatic rings. The summed E-state index contributed by atoms with van der Waals surface area (Å²) in [6, 6.07) is 8.70. The van der Waals surface area contributed by atoms with E-state index in [0.717, 1.165) is 0 Å². The van der Waals surface area contributed by atoms with Crippen LogP contribution in [0, 0.1) is 0 Å². The third kappa shape index (κ3) is 3.15. The summed E-state index contributed by atoms with van der Waals surface area (Å²) < 4.78 is 7.10. The van der Waals surface area contributed by atoms with Gasteiger partial charge >= 0.3 is 0 Å². The molecule has 1 aromatic carbocycles. The molecule has 0 radical (unpaired) electrons. The van der Waals surface area contributed by atoms with Crippen LogP contribution >= 0.6 is 11.6 Å². The summed E-state index contributed by atoms with van der Waals surface area (Å²) in [5.41, 5.74) is 1.16. The van der Waals surface area contributed by atoms with Crippen LogP contribution < -0.4 is 5.32 Å². The van der Waals surface area contributed by atoms with E-state index in [4.69, 9.17) is 16.3 Å². The van der Waals surface area contributed by atoms with E-state index in [2.05, 4.69) is 20.3 Å². The largest absolute Gasteiger partial charge is 0.387 e. The first kappa shape index (κ1) is 17.8. The molecule has 10 heteroatoms. The van der Waals surface area contributed by atoms with Gasteiger partial charge < -0.3 is 20.3 Å². The molecule has 9 nitrogen and oxygen atoms in total. The Labute approximate surface area is 158 Å². The molecule has 2 aromatic heterocycles. The summed E-state index contributed by atoms with van der Waals surface area (Å²) in [5.74, 6) is -0.0659. The number of fused-ring (bicyclic) bond motifs is 1. The van der Waals surface area contributed by atoms with E-state index in [-0.39, 0.29) is 17.6 Å². The lowest BCUT2D eigenvalue weighted by molar-refractivity contribution is -0.0291. The lowest BCUT2D eigenvalue weighted by Gasteiger charge is -2.16. The molecule has 4 atom stereocenters. The van der Waals surface area contributed by atoms with Crippen molar-refractivity contribution >= 4 is 34.5 Å². The van der Waals surface area contributed by atoms with Gasteiger partial charge in [-0.15, -0.1) is 11.6 Å². The Hall–Kier alpha value is -2.59. The van der Waals surface area contributed by atoms with Crippen molar-refractivity contribution in [3.05, 3.63) is 48.5 Å². The minimum atomic E-state index is -1.19. The highest BCUT2D eigenvalue weighted by Crippen LogP contribution is 2.32. The number of halogens is 1. The summed E-state index contributed by atoms with van der Waals surface area (Å²) in [6.07, 6.45) is -1.23. The average Bonchev–Trinajstić information content (AvgIpc) is 3.25. The zero-order valence-electron chi connectivity index (χ0n) is 13.9. The molecule has 3 heterocycles. The number of imidazole rings is 1. The first-order chi connectivity index (χ1) is 13.1. The molecule has 1 amide bonds. The second kappa shape index (κ2) is 7.20. The first-order valence-corrected chi connectivity index (χ1v) is 8.75. The van der Waals surface area contributed by atoms with Crippen molar-refractivity contribution in [1.29, 1.82) is 0 Å². The Morgan fingerprint density at radius 3 is 2.67 bits per heavy atom. The predicted molar refractivity (Wildman–Crippen MR) is 96.4 cm³/mol. The van der Waals surface area contributed by atoms with E-state index in [9.17, 15) is 15.0 Å². The van der Waals surface area contributed by atoms with Crippen LogP contribution in [0.3, 0.4) is 0 Å². The number of hydrogen-bond donors (Lipinski definition) is 3. The Bertz CT molecular complexity index is 966. The molecule has 27 heavy (non-hydrogen) atoms. The molecule has 3 aromatic rings. The highest BCUT2D eigenvalue weighted by Gasteiger charge is 2.43. The second-order valence-electron chi connectivity index (χ2n) is 6.07. The molecule has 1 fully saturated rings. The molecule has 1 saturated heterocycles. The van der Waals surface area contributed by atoms with Gasteiger partial charge in [-0.25, -0.2) is 15.0 Å². The summed E-state index contributed by atoms with van der Waals surface area (Å²) in [5, 5.41) is 23.0. The smallest absolute Gasteiger partial charge is 0.256 e. The van der Waals surface area contributed by atoms with Crippen LogP contribution in [0.25, 0.3) is 11.2 Å². The fraction of sp³-hybridized carbons (Fsp3) is 0.294. The van der Waals surface area contributed by atoms with Crippen molar-refractivity contribution in [1.82, 2.24) is 19.5 Å². The first-order valence-electron chi connectivity index (χ1n) is 8.21. The van der Waals surface area contributed by atoms with E-state index in [1.165, 1.54) is 17.2 Å². The van der Waals surface area contributed by atoms with Gasteiger partial charge in [0, 0.05) is 5.56 Å². The maximum absolute atomic E-state index is 12.4. The van der Waals surface area contributed by atoms with Crippen molar-refractivity contribution in [3.8, 4) is 0 Å². The number of aromatic nitrogens is 4. The van der Waals surface area contributed by atoms with Crippen LogP contribution in [0.5, 0.6) is 0 Å². The number of hydrogen-bond acceptors (Lipinski definition) is 7. The molecule has 0 spiro atoms. The van der Waals surface area contributed by atoms with Crippen molar-refractivity contribution in [2.24, 2.45) is 0 Å². The summed E-state index contributed by atoms with van der Waals surface area (Å²) >= 11 is 5.76. The summed E-state index contributed by atoms with van der Waals surface area (Å²) in [4.78, 5) is 24.9. The van der Waals surface area contributed by atoms with Gasteiger partial charge in [0.15, 0.2) is 23.2 Å². The number of anilines is 1. The number of amides is 1. The van der Waals surface area contributed by atoms with Gasteiger partial charge in [-0.2, -0.15) is 0 Å². The minimum Gasteiger partial charge on any atom is -0.387 e. The predicted octanol–water partition coefficient (Wildman–Crippen LogP) is 0.937. The van der Waals surface area contributed by atoms with Crippen molar-refractivity contribution in [2.45, 2.75) is 24.5 Å². The monoisotopic (exact) mass is 389 g/mol. The molecular weight excluding hydrogens is 374 g/mol. The molecule has 4 unspecified atom stereocenters. The van der Waals surface area contributed by atoms with Gasteiger partial charge in [0.2, 0.25) is 0 Å². The summed E-state index contributed by atoms with van der Waals surface area (Å²) in [7, 11) is 0. The van der Waals surface area contributed by atoms with Gasteiger partial charge in [-0.1, -0.05) is 18.2 Å². The fourth-order valence-electron chi connectivity index (χ4n) is 2.99. The number of alkyl halides is 1. The lowest BCUT2D eigenvalue weighted by atomic mass is 10.1. The van der Waals surface area contributed by atoms with Crippen molar-refractivity contribution in [2.75, 3.05) is 11.2 Å². The van der Waals surface area contributed by atoms with Crippen LogP contribution in [0.15, 0.2) is 43.0 Å². The highest BCUT2D eigenvalue weighted by atomic mass is 35.5. The Morgan fingerprint density at radius 1 is 1.19 bits per heavy atom. The molecule has 0 bridgehead atoms. The normalized spacial score (nSPS) is 25.0. The second-order valence-corrected chi connectivity index (χ2v) is 6.38. The Morgan fingerprint density at radius 2 is 1.96 bits per heavy atom. The number of nitrogens with one attached hydrogen (secondary N) is 1. The number of aliphatic hydroxyl groups is 2. The number of carbonyl (C=O) groups is 1. The number of nitrogens with zero attached hydrogens (tertiary/aromatic N) is 4. The topological polar surface area (TPSA) is 122 Å². The van der Waals surface area contributed by atoms with Crippen LogP contribution in [-0.4, -0.2) is 59.8 Å². The van der Waals surface area contributed by atoms with E-state index in [1.807, 2.05) is 6.07 Å². The van der Waals surface area contributed by atoms with E-state index >= 15 is 0 Å². The van der Waals surface area contributed by atoms with Crippen LogP contribution in [-0.2, 0) is 4.74 Å². The third-order valence-corrected chi connectivity index (χ3v) is 4.69. The van der Waals surface area contributed by atoms with Crippen LogP contribution in [0.1, 0.15) is 16.6 Å². The zero-order valence-corrected chi connectivity index (χ0v) is 14.7. The van der Waals surface area contributed by atoms with Gasteiger partial charge in [-0.3, -0.25) is 9.36 Å². The molecule has 0 aliphatic carbocycles. The van der Waals surface area contributed by atoms with Crippen molar-refractivity contribution in [3.63, 3.8) is 0 Å². The van der Waals surface area contributed by atoms with Crippen LogP contribution in [0.2, 0.25) is 0 Å². The number of ether oxygens (including phenoxy) is 1. The van der Waals surface area contributed by atoms with E-state index in [1.54, 1.807) is 24.3 Å². The average molecular weight is 390 g/mol. The Balaban J connectivity index is 1.65. The number of rotatable bonds is 4.